The number of benzene rings is 1. The molecule has 0 aliphatic rings. The summed E-state index contributed by atoms with van der Waals surface area (Å²) in [5.74, 6) is 0.741. The van der Waals surface area contributed by atoms with E-state index in [1.54, 1.807) is 11.8 Å². The van der Waals surface area contributed by atoms with E-state index in [9.17, 15) is 13.2 Å². The van der Waals surface area contributed by atoms with Gasteiger partial charge in [-0.15, -0.1) is 22.0 Å². The summed E-state index contributed by atoms with van der Waals surface area (Å²) in [5, 5.41) is 8.66. The lowest BCUT2D eigenvalue weighted by Crippen LogP contribution is -2.03. The normalized spacial score (nSPS) is 11.5. The molecule has 0 saturated heterocycles. The highest BCUT2D eigenvalue weighted by Crippen LogP contribution is 2.32. The van der Waals surface area contributed by atoms with Gasteiger partial charge < -0.3 is 5.32 Å². The molecular formula is C11H10F3N3S2. The Morgan fingerprint density at radius 1 is 1.16 bits per heavy atom. The molecule has 0 spiro atoms. The van der Waals surface area contributed by atoms with E-state index in [2.05, 4.69) is 15.5 Å². The standard InChI is InChI=1S/C11H10F3N3S2/c12-11(13,14)9-16-17-10(19-9)15-6-7-18-8-4-2-1-3-5-8/h1-5H,6-7H2,(H,15,17). The molecule has 0 amide bonds. The van der Waals surface area contributed by atoms with Crippen LogP contribution >= 0.6 is 23.1 Å². The maximum atomic E-state index is 12.3. The fraction of sp³-hybridized carbons (Fsp3) is 0.273. The number of anilines is 1. The molecule has 102 valence electrons. The smallest absolute Gasteiger partial charge is 0.359 e. The second-order valence-electron chi connectivity index (χ2n) is 3.50. The Labute approximate surface area is 116 Å². The maximum Gasteiger partial charge on any atom is 0.445 e. The third-order valence-corrected chi connectivity index (χ3v) is 4.00. The highest BCUT2D eigenvalue weighted by atomic mass is 32.2. The average molecular weight is 305 g/mol. The molecule has 0 saturated carbocycles. The summed E-state index contributed by atoms with van der Waals surface area (Å²) < 4.78 is 36.9. The number of hydrogen-bond acceptors (Lipinski definition) is 5. The molecule has 0 atom stereocenters. The largest absolute Gasteiger partial charge is 0.445 e. The van der Waals surface area contributed by atoms with Crippen molar-refractivity contribution < 1.29 is 13.2 Å². The van der Waals surface area contributed by atoms with Crippen molar-refractivity contribution in [3.05, 3.63) is 35.3 Å². The van der Waals surface area contributed by atoms with E-state index in [4.69, 9.17) is 0 Å². The van der Waals surface area contributed by atoms with Crippen molar-refractivity contribution in [1.29, 1.82) is 0 Å². The molecule has 0 unspecified atom stereocenters. The third-order valence-electron chi connectivity index (χ3n) is 2.06. The van der Waals surface area contributed by atoms with Crippen LogP contribution in [0, 0.1) is 0 Å². The first kappa shape index (κ1) is 14.1. The highest BCUT2D eigenvalue weighted by Gasteiger charge is 2.35. The Hall–Kier alpha value is -1.28. The molecule has 1 N–H and O–H groups in total. The van der Waals surface area contributed by atoms with Crippen molar-refractivity contribution in [3.63, 3.8) is 0 Å². The van der Waals surface area contributed by atoms with E-state index in [0.29, 0.717) is 17.9 Å². The van der Waals surface area contributed by atoms with Crippen LogP contribution in [0.4, 0.5) is 18.3 Å². The second kappa shape index (κ2) is 6.25. The molecule has 2 rings (SSSR count). The Bertz CT molecular complexity index is 513. The second-order valence-corrected chi connectivity index (χ2v) is 5.64. The Balaban J connectivity index is 1.76. The van der Waals surface area contributed by atoms with Gasteiger partial charge in [0.2, 0.25) is 10.1 Å². The number of nitrogens with one attached hydrogen (secondary N) is 1. The van der Waals surface area contributed by atoms with Gasteiger partial charge in [0.1, 0.15) is 0 Å². The molecule has 0 bridgehead atoms. The lowest BCUT2D eigenvalue weighted by molar-refractivity contribution is -0.138. The molecule has 0 aliphatic carbocycles. The minimum Gasteiger partial charge on any atom is -0.359 e. The molecule has 0 radical (unpaired) electrons. The van der Waals surface area contributed by atoms with Crippen LogP contribution in [-0.2, 0) is 6.18 Å². The highest BCUT2D eigenvalue weighted by molar-refractivity contribution is 7.99. The summed E-state index contributed by atoms with van der Waals surface area (Å²) in [5.41, 5.74) is 0. The topological polar surface area (TPSA) is 37.8 Å². The summed E-state index contributed by atoms with van der Waals surface area (Å²) in [6.45, 7) is 0.534. The molecule has 1 aromatic heterocycles. The lowest BCUT2D eigenvalue weighted by Gasteiger charge is -2.02. The predicted octanol–water partition coefficient (Wildman–Crippen LogP) is 3.76. The fourth-order valence-electron chi connectivity index (χ4n) is 1.25. The van der Waals surface area contributed by atoms with Crippen LogP contribution in [0.5, 0.6) is 0 Å². The quantitative estimate of drug-likeness (QED) is 0.674. The summed E-state index contributed by atoms with van der Waals surface area (Å²) in [6.07, 6.45) is -4.42. The number of hydrogen-bond donors (Lipinski definition) is 1. The van der Waals surface area contributed by atoms with Crippen LogP contribution in [0.3, 0.4) is 0 Å². The van der Waals surface area contributed by atoms with Gasteiger partial charge in [0.15, 0.2) is 0 Å². The van der Waals surface area contributed by atoms with Crippen molar-refractivity contribution in [2.75, 3.05) is 17.6 Å². The molecule has 1 heterocycles. The molecular weight excluding hydrogens is 295 g/mol. The number of nitrogens with zero attached hydrogens (tertiary/aromatic N) is 2. The van der Waals surface area contributed by atoms with Crippen LogP contribution in [0.1, 0.15) is 5.01 Å². The first-order chi connectivity index (χ1) is 9.05. The molecule has 1 aromatic carbocycles. The first-order valence-electron chi connectivity index (χ1n) is 5.38. The van der Waals surface area contributed by atoms with E-state index in [1.807, 2.05) is 30.3 Å². The van der Waals surface area contributed by atoms with Gasteiger partial charge in [-0.2, -0.15) is 13.2 Å². The van der Waals surface area contributed by atoms with Gasteiger partial charge in [-0.05, 0) is 12.1 Å². The minimum absolute atomic E-state index is 0.195. The van der Waals surface area contributed by atoms with Crippen LogP contribution in [-0.4, -0.2) is 22.5 Å². The molecule has 3 nitrogen and oxygen atoms in total. The van der Waals surface area contributed by atoms with Crippen LogP contribution < -0.4 is 5.32 Å². The maximum absolute atomic E-state index is 12.3. The summed E-state index contributed by atoms with van der Waals surface area (Å²) >= 11 is 2.14. The number of alkyl halides is 3. The Kier molecular flexibility index (Phi) is 4.65. The van der Waals surface area contributed by atoms with E-state index in [0.717, 1.165) is 10.6 Å². The Morgan fingerprint density at radius 2 is 1.89 bits per heavy atom. The average Bonchev–Trinajstić information content (AvgIpc) is 2.85. The SMILES string of the molecule is FC(F)(F)c1nnc(NCCSc2ccccc2)s1. The first-order valence-corrected chi connectivity index (χ1v) is 7.18. The zero-order valence-electron chi connectivity index (χ0n) is 9.65. The van der Waals surface area contributed by atoms with Gasteiger partial charge >= 0.3 is 6.18 Å². The Morgan fingerprint density at radius 3 is 2.53 bits per heavy atom. The number of halogens is 3. The summed E-state index contributed by atoms with van der Waals surface area (Å²) in [6, 6.07) is 9.78. The molecule has 0 aliphatic heterocycles. The van der Waals surface area contributed by atoms with E-state index in [1.165, 1.54) is 0 Å². The van der Waals surface area contributed by atoms with Gasteiger partial charge in [0.25, 0.3) is 0 Å². The van der Waals surface area contributed by atoms with E-state index >= 15 is 0 Å². The van der Waals surface area contributed by atoms with Crippen molar-refractivity contribution >= 4 is 28.2 Å². The van der Waals surface area contributed by atoms with Crippen LogP contribution in [0.25, 0.3) is 0 Å². The van der Waals surface area contributed by atoms with Crippen molar-refractivity contribution in [1.82, 2.24) is 10.2 Å². The third kappa shape index (κ3) is 4.39. The van der Waals surface area contributed by atoms with Gasteiger partial charge in [-0.1, -0.05) is 29.5 Å². The van der Waals surface area contributed by atoms with E-state index in [-0.39, 0.29) is 5.13 Å². The zero-order chi connectivity index (χ0) is 13.7. The minimum atomic E-state index is -4.42. The van der Waals surface area contributed by atoms with Crippen LogP contribution in [0.2, 0.25) is 0 Å². The predicted molar refractivity (Wildman–Crippen MR) is 70.6 cm³/mol. The molecule has 19 heavy (non-hydrogen) atoms. The van der Waals surface area contributed by atoms with Crippen molar-refractivity contribution in [2.24, 2.45) is 0 Å². The van der Waals surface area contributed by atoms with E-state index < -0.39 is 11.2 Å². The summed E-state index contributed by atoms with van der Waals surface area (Å²) in [4.78, 5) is 1.12. The zero-order valence-corrected chi connectivity index (χ0v) is 11.3. The van der Waals surface area contributed by atoms with Crippen LogP contribution in [0.15, 0.2) is 35.2 Å². The fourth-order valence-corrected chi connectivity index (χ4v) is 2.68. The summed E-state index contributed by atoms with van der Waals surface area (Å²) in [7, 11) is 0. The monoisotopic (exact) mass is 305 g/mol. The number of aromatic nitrogens is 2. The van der Waals surface area contributed by atoms with Gasteiger partial charge in [-0.25, -0.2) is 0 Å². The number of rotatable bonds is 5. The number of thioether (sulfide) groups is 1. The van der Waals surface area contributed by atoms with Gasteiger partial charge in [0.05, 0.1) is 0 Å². The molecule has 0 fully saturated rings. The lowest BCUT2D eigenvalue weighted by atomic mass is 10.4. The van der Waals surface area contributed by atoms with Crippen molar-refractivity contribution in [3.8, 4) is 0 Å². The van der Waals surface area contributed by atoms with Crippen molar-refractivity contribution in [2.45, 2.75) is 11.1 Å². The van der Waals surface area contributed by atoms with Gasteiger partial charge in [0, 0.05) is 17.2 Å². The molecule has 2 aromatic rings. The molecule has 8 heteroatoms. The van der Waals surface area contributed by atoms with Gasteiger partial charge in [-0.3, -0.25) is 0 Å².